The van der Waals surface area contributed by atoms with Gasteiger partial charge in [-0.05, 0) is 12.1 Å². The highest BCUT2D eigenvalue weighted by molar-refractivity contribution is 8.23. The number of anilines is 1. The normalized spacial score (nSPS) is 9.42. The smallest absolute Gasteiger partial charge is 0.152 e. The van der Waals surface area contributed by atoms with Gasteiger partial charge in [-0.25, -0.2) is 4.98 Å². The third-order valence-electron chi connectivity index (χ3n) is 1.20. The van der Waals surface area contributed by atoms with E-state index in [2.05, 4.69) is 4.98 Å². The van der Waals surface area contributed by atoms with Gasteiger partial charge >= 0.3 is 0 Å². The van der Waals surface area contributed by atoms with Crippen LogP contribution in [0.15, 0.2) is 24.4 Å². The van der Waals surface area contributed by atoms with Crippen LogP contribution in [-0.2, 0) is 0 Å². The molecule has 12 heavy (non-hydrogen) atoms. The van der Waals surface area contributed by atoms with E-state index >= 15 is 0 Å². The number of hydrogen-bond acceptors (Lipinski definition) is 4. The first-order valence-electron chi connectivity index (χ1n) is 3.32. The highest BCUT2D eigenvalue weighted by atomic mass is 32.2. The van der Waals surface area contributed by atoms with Crippen molar-refractivity contribution < 1.29 is 0 Å². The molecule has 5 heteroatoms. The van der Waals surface area contributed by atoms with Gasteiger partial charge in [-0.15, -0.1) is 0 Å². The summed E-state index contributed by atoms with van der Waals surface area (Å²) < 4.78 is 2.21. The summed E-state index contributed by atoms with van der Waals surface area (Å²) in [6.07, 6.45) is 1.73. The van der Waals surface area contributed by atoms with Crippen molar-refractivity contribution in [1.29, 1.82) is 0 Å². The summed E-state index contributed by atoms with van der Waals surface area (Å²) in [6, 6.07) is 5.67. The maximum absolute atomic E-state index is 5.36. The van der Waals surface area contributed by atoms with Crippen LogP contribution in [0.1, 0.15) is 0 Å². The quantitative estimate of drug-likeness (QED) is 0.576. The molecule has 0 fully saturated rings. The highest BCUT2D eigenvalue weighted by Crippen LogP contribution is 2.16. The zero-order valence-corrected chi connectivity index (χ0v) is 8.23. The maximum atomic E-state index is 5.36. The number of nitrogens with zero attached hydrogens (tertiary/aromatic N) is 2. The topological polar surface area (TPSA) is 42.1 Å². The molecule has 0 unspecified atom stereocenters. The first-order valence-corrected chi connectivity index (χ1v) is 4.50. The standard InChI is InChI=1S/C7H9N3S2/c1-10(12-7(8)11)6-4-2-3-5-9-6/h2-5H,1H3,(H2,8,11). The predicted molar refractivity (Wildman–Crippen MR) is 57.0 cm³/mol. The molecule has 0 radical (unpaired) electrons. The first-order chi connectivity index (χ1) is 5.70. The Hall–Kier alpha value is -0.810. The molecular weight excluding hydrogens is 190 g/mol. The summed E-state index contributed by atoms with van der Waals surface area (Å²) in [7, 11) is 1.87. The largest absolute Gasteiger partial charge is 0.383 e. The minimum Gasteiger partial charge on any atom is -0.383 e. The average Bonchev–Trinajstić information content (AvgIpc) is 2.05. The highest BCUT2D eigenvalue weighted by Gasteiger charge is 2.02. The lowest BCUT2D eigenvalue weighted by atomic mass is 10.5. The molecule has 64 valence electrons. The van der Waals surface area contributed by atoms with E-state index in [0.29, 0.717) is 4.32 Å². The molecule has 1 aromatic rings. The summed E-state index contributed by atoms with van der Waals surface area (Å²) in [5, 5.41) is 0. The fourth-order valence-corrected chi connectivity index (χ4v) is 1.53. The molecule has 1 aromatic heterocycles. The van der Waals surface area contributed by atoms with E-state index in [1.54, 1.807) is 6.20 Å². The van der Waals surface area contributed by atoms with E-state index in [0.717, 1.165) is 5.82 Å². The molecule has 3 nitrogen and oxygen atoms in total. The second-order valence-corrected chi connectivity index (χ2v) is 3.96. The van der Waals surface area contributed by atoms with Crippen LogP contribution >= 0.6 is 24.2 Å². The van der Waals surface area contributed by atoms with Crippen LogP contribution in [0.3, 0.4) is 0 Å². The monoisotopic (exact) mass is 199 g/mol. The van der Waals surface area contributed by atoms with E-state index in [1.807, 2.05) is 29.6 Å². The molecule has 1 rings (SSSR count). The zero-order valence-electron chi connectivity index (χ0n) is 6.60. The summed E-state index contributed by atoms with van der Waals surface area (Å²) >= 11 is 6.03. The number of aromatic nitrogens is 1. The second kappa shape index (κ2) is 4.27. The van der Waals surface area contributed by atoms with Crippen LogP contribution < -0.4 is 10.0 Å². The van der Waals surface area contributed by atoms with E-state index in [9.17, 15) is 0 Å². The van der Waals surface area contributed by atoms with Crippen LogP contribution in [0, 0.1) is 0 Å². The number of pyridine rings is 1. The van der Waals surface area contributed by atoms with Gasteiger partial charge in [0.25, 0.3) is 0 Å². The minimum atomic E-state index is 0.392. The van der Waals surface area contributed by atoms with Gasteiger partial charge < -0.3 is 5.73 Å². The molecule has 0 aliphatic carbocycles. The molecule has 0 amide bonds. The SMILES string of the molecule is CN(SC(N)=S)c1ccccn1. The summed E-state index contributed by atoms with van der Waals surface area (Å²) in [5.74, 6) is 0.843. The van der Waals surface area contributed by atoms with Crippen LogP contribution in [0.25, 0.3) is 0 Å². The van der Waals surface area contributed by atoms with Crippen LogP contribution in [0.2, 0.25) is 0 Å². The molecular formula is C7H9N3S2. The van der Waals surface area contributed by atoms with Crippen molar-refractivity contribution in [3.05, 3.63) is 24.4 Å². The van der Waals surface area contributed by atoms with Gasteiger partial charge in [0.05, 0.1) is 0 Å². The van der Waals surface area contributed by atoms with Crippen molar-refractivity contribution in [3.8, 4) is 0 Å². The summed E-state index contributed by atoms with van der Waals surface area (Å²) in [5.41, 5.74) is 5.36. The molecule has 0 saturated heterocycles. The molecule has 0 saturated carbocycles. The van der Waals surface area contributed by atoms with Crippen molar-refractivity contribution in [2.24, 2.45) is 5.73 Å². The van der Waals surface area contributed by atoms with E-state index in [1.165, 1.54) is 11.9 Å². The maximum Gasteiger partial charge on any atom is 0.152 e. The number of thiocarbonyl (C=S) groups is 1. The van der Waals surface area contributed by atoms with E-state index < -0.39 is 0 Å². The van der Waals surface area contributed by atoms with Crippen molar-refractivity contribution in [3.63, 3.8) is 0 Å². The minimum absolute atomic E-state index is 0.392. The lowest BCUT2D eigenvalue weighted by Gasteiger charge is -2.14. The van der Waals surface area contributed by atoms with Crippen LogP contribution in [0.5, 0.6) is 0 Å². The lowest BCUT2D eigenvalue weighted by Crippen LogP contribution is -2.15. The van der Waals surface area contributed by atoms with Gasteiger partial charge in [0, 0.05) is 25.2 Å². The van der Waals surface area contributed by atoms with Gasteiger partial charge in [-0.3, -0.25) is 4.31 Å². The van der Waals surface area contributed by atoms with Gasteiger partial charge in [-0.1, -0.05) is 18.3 Å². The second-order valence-electron chi connectivity index (χ2n) is 2.10. The van der Waals surface area contributed by atoms with E-state index in [4.69, 9.17) is 18.0 Å². The third-order valence-corrected chi connectivity index (χ3v) is 2.06. The third kappa shape index (κ3) is 2.67. The molecule has 0 atom stereocenters. The Morgan fingerprint density at radius 1 is 1.67 bits per heavy atom. The van der Waals surface area contributed by atoms with Gasteiger partial charge in [0.1, 0.15) is 5.82 Å². The first kappa shape index (κ1) is 9.28. The Bertz CT molecular complexity index is 263. The molecule has 1 heterocycles. The van der Waals surface area contributed by atoms with Gasteiger partial charge in [-0.2, -0.15) is 0 Å². The zero-order chi connectivity index (χ0) is 8.97. The van der Waals surface area contributed by atoms with Crippen LogP contribution in [-0.4, -0.2) is 16.4 Å². The number of hydrogen-bond donors (Lipinski definition) is 1. The van der Waals surface area contributed by atoms with E-state index in [-0.39, 0.29) is 0 Å². The fourth-order valence-electron chi connectivity index (χ4n) is 0.722. The number of rotatable bonds is 2. The lowest BCUT2D eigenvalue weighted by molar-refractivity contribution is 1.22. The number of nitrogens with two attached hydrogens (primary N) is 1. The summed E-state index contributed by atoms with van der Waals surface area (Å²) in [6.45, 7) is 0. The molecule has 0 aromatic carbocycles. The molecule has 0 spiro atoms. The molecule has 0 aliphatic heterocycles. The summed E-state index contributed by atoms with van der Waals surface area (Å²) in [4.78, 5) is 4.12. The molecule has 0 bridgehead atoms. The Morgan fingerprint density at radius 3 is 2.92 bits per heavy atom. The fraction of sp³-hybridized carbons (Fsp3) is 0.143. The Kier molecular flexibility index (Phi) is 3.31. The van der Waals surface area contributed by atoms with Gasteiger partial charge in [0.2, 0.25) is 0 Å². The van der Waals surface area contributed by atoms with Crippen LogP contribution in [0.4, 0.5) is 5.82 Å². The average molecular weight is 199 g/mol. The van der Waals surface area contributed by atoms with Gasteiger partial charge in [0.15, 0.2) is 4.32 Å². The Balaban J connectivity index is 2.65. The molecule has 0 aliphatic rings. The molecule has 2 N–H and O–H groups in total. The van der Waals surface area contributed by atoms with Crippen molar-refractivity contribution in [1.82, 2.24) is 4.98 Å². The predicted octanol–water partition coefficient (Wildman–Crippen LogP) is 1.41. The Labute approximate surface area is 81.1 Å². The van der Waals surface area contributed by atoms with Crippen molar-refractivity contribution in [2.45, 2.75) is 0 Å². The van der Waals surface area contributed by atoms with Crippen molar-refractivity contribution >= 4 is 34.3 Å². The van der Waals surface area contributed by atoms with Crippen molar-refractivity contribution in [2.75, 3.05) is 11.4 Å². The Morgan fingerprint density at radius 2 is 2.42 bits per heavy atom.